The van der Waals surface area contributed by atoms with E-state index in [0.717, 1.165) is 5.56 Å². The van der Waals surface area contributed by atoms with E-state index in [-0.39, 0.29) is 18.9 Å². The van der Waals surface area contributed by atoms with Gasteiger partial charge >= 0.3 is 6.18 Å². The first kappa shape index (κ1) is 14.6. The molecule has 1 aromatic carbocycles. The molecule has 0 bridgehead atoms. The predicted molar refractivity (Wildman–Crippen MR) is 69.3 cm³/mol. The fourth-order valence-electron chi connectivity index (χ4n) is 3.47. The average molecular weight is 303 g/mol. The number of fused-ring (bicyclic) bond motifs is 1. The van der Waals surface area contributed by atoms with Crippen molar-refractivity contribution in [2.45, 2.75) is 49.9 Å². The molecule has 1 aliphatic carbocycles. The van der Waals surface area contributed by atoms with Crippen molar-refractivity contribution >= 4 is 0 Å². The van der Waals surface area contributed by atoms with Crippen molar-refractivity contribution < 1.29 is 22.3 Å². The van der Waals surface area contributed by atoms with Gasteiger partial charge in [-0.2, -0.15) is 13.2 Å². The molecular formula is C15H17F4NO. The molecule has 2 N–H and O–H groups in total. The van der Waals surface area contributed by atoms with E-state index < -0.39 is 23.5 Å². The van der Waals surface area contributed by atoms with Gasteiger partial charge in [0, 0.05) is 24.1 Å². The van der Waals surface area contributed by atoms with Gasteiger partial charge in [0.1, 0.15) is 17.2 Å². The number of alkyl halides is 3. The molecule has 2 nitrogen and oxygen atoms in total. The zero-order valence-electron chi connectivity index (χ0n) is 11.4. The Morgan fingerprint density at radius 2 is 1.86 bits per heavy atom. The summed E-state index contributed by atoms with van der Waals surface area (Å²) in [7, 11) is 0. The van der Waals surface area contributed by atoms with Crippen LogP contribution in [0.3, 0.4) is 0 Å². The predicted octanol–water partition coefficient (Wildman–Crippen LogP) is 4.10. The summed E-state index contributed by atoms with van der Waals surface area (Å²) in [6.07, 6.45) is -2.97. The summed E-state index contributed by atoms with van der Waals surface area (Å²) >= 11 is 0. The molecule has 0 amide bonds. The number of hydrogen-bond donors (Lipinski definition) is 1. The van der Waals surface area contributed by atoms with Crippen LogP contribution < -0.4 is 10.5 Å². The van der Waals surface area contributed by atoms with Gasteiger partial charge in [-0.05, 0) is 31.7 Å². The van der Waals surface area contributed by atoms with Crippen LogP contribution in [0, 0.1) is 11.7 Å². The van der Waals surface area contributed by atoms with E-state index in [4.69, 9.17) is 10.5 Å². The van der Waals surface area contributed by atoms with Crippen LogP contribution in [0.15, 0.2) is 18.2 Å². The van der Waals surface area contributed by atoms with E-state index in [1.165, 1.54) is 12.1 Å². The molecule has 0 radical (unpaired) electrons. The Morgan fingerprint density at radius 1 is 1.19 bits per heavy atom. The Balaban J connectivity index is 1.80. The zero-order chi connectivity index (χ0) is 15.3. The highest BCUT2D eigenvalue weighted by molar-refractivity contribution is 5.39. The molecule has 21 heavy (non-hydrogen) atoms. The van der Waals surface area contributed by atoms with E-state index >= 15 is 0 Å². The van der Waals surface area contributed by atoms with Gasteiger partial charge in [0.2, 0.25) is 0 Å². The molecule has 1 saturated carbocycles. The minimum Gasteiger partial charge on any atom is -0.487 e. The molecule has 1 fully saturated rings. The van der Waals surface area contributed by atoms with Gasteiger partial charge in [0.15, 0.2) is 0 Å². The molecule has 6 heteroatoms. The molecule has 1 aromatic rings. The van der Waals surface area contributed by atoms with E-state index in [9.17, 15) is 17.6 Å². The van der Waals surface area contributed by atoms with E-state index in [0.29, 0.717) is 25.0 Å². The Bertz CT molecular complexity index is 535. The van der Waals surface area contributed by atoms with Crippen LogP contribution in [-0.4, -0.2) is 11.8 Å². The first-order valence-corrected chi connectivity index (χ1v) is 7.10. The lowest BCUT2D eigenvalue weighted by Crippen LogP contribution is -2.47. The number of nitrogens with two attached hydrogens (primary N) is 1. The summed E-state index contributed by atoms with van der Waals surface area (Å²) in [5, 5.41) is 0. The van der Waals surface area contributed by atoms with Crippen molar-refractivity contribution in [3.05, 3.63) is 29.6 Å². The molecule has 116 valence electrons. The third-order valence-corrected chi connectivity index (χ3v) is 4.65. The fourth-order valence-corrected chi connectivity index (χ4v) is 3.47. The van der Waals surface area contributed by atoms with Gasteiger partial charge in [-0.3, -0.25) is 0 Å². The zero-order valence-corrected chi connectivity index (χ0v) is 11.4. The molecule has 1 atom stereocenters. The second-order valence-corrected chi connectivity index (χ2v) is 6.09. The second-order valence-electron chi connectivity index (χ2n) is 6.09. The lowest BCUT2D eigenvalue weighted by Gasteiger charge is -2.45. The summed E-state index contributed by atoms with van der Waals surface area (Å²) < 4.78 is 57.5. The largest absolute Gasteiger partial charge is 0.487 e. The maximum absolute atomic E-state index is 13.3. The molecule has 1 heterocycles. The molecule has 1 unspecified atom stereocenters. The molecule has 0 saturated heterocycles. The van der Waals surface area contributed by atoms with Crippen LogP contribution in [-0.2, 0) is 0 Å². The molecule has 1 spiro atoms. The molecular weight excluding hydrogens is 286 g/mol. The summed E-state index contributed by atoms with van der Waals surface area (Å²) in [5.41, 5.74) is 6.14. The first-order chi connectivity index (χ1) is 9.79. The number of ether oxygens (including phenoxy) is 1. The molecule has 0 aromatic heterocycles. The third-order valence-electron chi connectivity index (χ3n) is 4.65. The number of benzene rings is 1. The van der Waals surface area contributed by atoms with Crippen LogP contribution in [0.2, 0.25) is 0 Å². The lowest BCUT2D eigenvalue weighted by atomic mass is 9.73. The Labute approximate surface area is 120 Å². The summed E-state index contributed by atoms with van der Waals surface area (Å²) in [5.74, 6) is -1.32. The van der Waals surface area contributed by atoms with Crippen LogP contribution in [0.1, 0.15) is 43.7 Å². The second kappa shape index (κ2) is 4.87. The van der Waals surface area contributed by atoms with Crippen LogP contribution in [0.5, 0.6) is 5.75 Å². The summed E-state index contributed by atoms with van der Waals surface area (Å²) in [6.45, 7) is 0. The van der Waals surface area contributed by atoms with Gasteiger partial charge in [0.05, 0.1) is 5.92 Å². The maximum atomic E-state index is 13.3. The molecule has 3 rings (SSSR count). The number of hydrogen-bond acceptors (Lipinski definition) is 2. The van der Waals surface area contributed by atoms with E-state index in [1.807, 2.05) is 0 Å². The maximum Gasteiger partial charge on any atom is 0.391 e. The van der Waals surface area contributed by atoms with Crippen LogP contribution >= 0.6 is 0 Å². The Morgan fingerprint density at radius 3 is 2.48 bits per heavy atom. The van der Waals surface area contributed by atoms with Crippen LogP contribution in [0.25, 0.3) is 0 Å². The quantitative estimate of drug-likeness (QED) is 0.732. The SMILES string of the molecule is NC1CC2(CCC(C(F)(F)F)CC2)Oc2cc(F)ccc21. The monoisotopic (exact) mass is 303 g/mol. The summed E-state index contributed by atoms with van der Waals surface area (Å²) in [4.78, 5) is 0. The summed E-state index contributed by atoms with van der Waals surface area (Å²) in [6, 6.07) is 3.85. The van der Waals surface area contributed by atoms with Crippen molar-refractivity contribution in [1.82, 2.24) is 0 Å². The minimum absolute atomic E-state index is 0.0425. The van der Waals surface area contributed by atoms with E-state index in [2.05, 4.69) is 0 Å². The number of rotatable bonds is 0. The highest BCUT2D eigenvalue weighted by atomic mass is 19.4. The highest BCUT2D eigenvalue weighted by Crippen LogP contribution is 2.49. The van der Waals surface area contributed by atoms with Gasteiger partial charge in [-0.25, -0.2) is 4.39 Å². The standard InChI is InChI=1S/C15H17F4NO/c16-10-1-2-11-12(20)8-14(21-13(11)7-10)5-3-9(4-6-14)15(17,18)19/h1-2,7,9,12H,3-6,8,20H2. The van der Waals surface area contributed by atoms with Crippen molar-refractivity contribution in [2.24, 2.45) is 11.7 Å². The van der Waals surface area contributed by atoms with Crippen molar-refractivity contribution in [3.8, 4) is 5.75 Å². The number of halogens is 4. The normalized spacial score (nSPS) is 32.6. The van der Waals surface area contributed by atoms with Gasteiger partial charge in [-0.15, -0.1) is 0 Å². The third kappa shape index (κ3) is 2.73. The Hall–Kier alpha value is -1.30. The lowest BCUT2D eigenvalue weighted by molar-refractivity contribution is -0.191. The van der Waals surface area contributed by atoms with Gasteiger partial charge < -0.3 is 10.5 Å². The first-order valence-electron chi connectivity index (χ1n) is 7.10. The fraction of sp³-hybridized carbons (Fsp3) is 0.600. The molecule has 2 aliphatic rings. The van der Waals surface area contributed by atoms with Crippen molar-refractivity contribution in [3.63, 3.8) is 0 Å². The van der Waals surface area contributed by atoms with Crippen LogP contribution in [0.4, 0.5) is 17.6 Å². The molecule has 1 aliphatic heterocycles. The Kier molecular flexibility index (Phi) is 3.39. The van der Waals surface area contributed by atoms with Crippen molar-refractivity contribution in [2.75, 3.05) is 0 Å². The van der Waals surface area contributed by atoms with Crippen molar-refractivity contribution in [1.29, 1.82) is 0 Å². The highest BCUT2D eigenvalue weighted by Gasteiger charge is 2.49. The minimum atomic E-state index is -4.15. The van der Waals surface area contributed by atoms with Gasteiger partial charge in [-0.1, -0.05) is 6.07 Å². The smallest absolute Gasteiger partial charge is 0.391 e. The average Bonchev–Trinajstić information content (AvgIpc) is 2.37. The van der Waals surface area contributed by atoms with Gasteiger partial charge in [0.25, 0.3) is 0 Å². The topological polar surface area (TPSA) is 35.2 Å². The van der Waals surface area contributed by atoms with E-state index in [1.54, 1.807) is 6.07 Å².